The highest BCUT2D eigenvalue weighted by Crippen LogP contribution is 2.42. The molecule has 4 heterocycles. The lowest BCUT2D eigenvalue weighted by atomic mass is 9.86. The van der Waals surface area contributed by atoms with Crippen LogP contribution in [0, 0.1) is 0 Å². The van der Waals surface area contributed by atoms with Crippen LogP contribution in [0.1, 0.15) is 25.1 Å². The number of rotatable bonds is 5. The van der Waals surface area contributed by atoms with Crippen LogP contribution in [-0.4, -0.2) is 34.1 Å². The number of hydrogen-bond donors (Lipinski definition) is 0. The maximum Gasteiger partial charge on any atom is 0.235 e. The minimum Gasteiger partial charge on any atom is -0.316 e. The van der Waals surface area contributed by atoms with Gasteiger partial charge < -0.3 is 4.57 Å². The molecular weight excluding hydrogens is 627 g/mol. The fourth-order valence-electron chi connectivity index (χ4n) is 7.47. The summed E-state index contributed by atoms with van der Waals surface area (Å²) in [5.41, 5.74) is 8.35. The SMILES string of the molecule is CC1(C)C=Cc2nc(-n3c4ccccc4c4ccc5c(ccn5-c5ccccc5)c43)nc(-c3nc(-c4ccccc4)nc(-c4ccccc4)n3)c21. The zero-order valence-electron chi connectivity index (χ0n) is 28.1. The van der Waals surface area contributed by atoms with E-state index in [0.717, 1.165) is 60.8 Å². The lowest BCUT2D eigenvalue weighted by Crippen LogP contribution is -2.17. The Balaban J connectivity index is 1.28. The van der Waals surface area contributed by atoms with Gasteiger partial charge in [-0.05, 0) is 36.4 Å². The molecule has 0 radical (unpaired) electrons. The topological polar surface area (TPSA) is 74.3 Å². The molecule has 4 aromatic heterocycles. The molecule has 9 aromatic rings. The lowest BCUT2D eigenvalue weighted by molar-refractivity contribution is 0.675. The van der Waals surface area contributed by atoms with E-state index in [2.05, 4.69) is 108 Å². The zero-order chi connectivity index (χ0) is 34.1. The van der Waals surface area contributed by atoms with Crippen LogP contribution in [0.3, 0.4) is 0 Å². The molecule has 0 amide bonds. The van der Waals surface area contributed by atoms with Crippen molar-refractivity contribution in [2.45, 2.75) is 19.3 Å². The van der Waals surface area contributed by atoms with E-state index in [1.54, 1.807) is 0 Å². The zero-order valence-corrected chi connectivity index (χ0v) is 28.1. The van der Waals surface area contributed by atoms with Gasteiger partial charge >= 0.3 is 0 Å². The van der Waals surface area contributed by atoms with Crippen LogP contribution in [-0.2, 0) is 5.41 Å². The van der Waals surface area contributed by atoms with Crippen molar-refractivity contribution in [1.82, 2.24) is 34.1 Å². The molecule has 0 saturated carbocycles. The summed E-state index contributed by atoms with van der Waals surface area (Å²) in [4.78, 5) is 25.9. The Morgan fingerprint density at radius 2 is 1.14 bits per heavy atom. The Morgan fingerprint density at radius 1 is 0.510 bits per heavy atom. The fourth-order valence-corrected chi connectivity index (χ4v) is 7.47. The van der Waals surface area contributed by atoms with E-state index in [1.807, 2.05) is 66.7 Å². The molecule has 0 N–H and O–H groups in total. The second-order valence-electron chi connectivity index (χ2n) is 13.5. The summed E-state index contributed by atoms with van der Waals surface area (Å²) in [6, 6.07) is 45.7. The minimum atomic E-state index is -0.337. The molecule has 51 heavy (non-hydrogen) atoms. The number of nitrogens with zero attached hydrogens (tertiary/aromatic N) is 7. The van der Waals surface area contributed by atoms with Gasteiger partial charge in [0.1, 0.15) is 5.69 Å². The van der Waals surface area contributed by atoms with Crippen molar-refractivity contribution in [3.05, 3.63) is 157 Å². The number of aromatic nitrogens is 7. The largest absolute Gasteiger partial charge is 0.316 e. The van der Waals surface area contributed by atoms with Crippen LogP contribution in [0.4, 0.5) is 0 Å². The monoisotopic (exact) mass is 657 g/mol. The van der Waals surface area contributed by atoms with Gasteiger partial charge in [0.25, 0.3) is 0 Å². The van der Waals surface area contributed by atoms with Crippen LogP contribution >= 0.6 is 0 Å². The Hall–Kier alpha value is -6.73. The van der Waals surface area contributed by atoms with E-state index in [-0.39, 0.29) is 5.41 Å². The third-order valence-electron chi connectivity index (χ3n) is 9.88. The number of para-hydroxylation sites is 2. The van der Waals surface area contributed by atoms with Gasteiger partial charge in [0, 0.05) is 50.1 Å². The maximum atomic E-state index is 5.45. The van der Waals surface area contributed by atoms with Crippen molar-refractivity contribution in [2.75, 3.05) is 0 Å². The van der Waals surface area contributed by atoms with Gasteiger partial charge in [0.2, 0.25) is 5.95 Å². The van der Waals surface area contributed by atoms with Crippen LogP contribution in [0.5, 0.6) is 0 Å². The summed E-state index contributed by atoms with van der Waals surface area (Å²) in [5.74, 6) is 2.27. The van der Waals surface area contributed by atoms with Gasteiger partial charge in [-0.15, -0.1) is 0 Å². The number of allylic oxidation sites excluding steroid dienone is 1. The van der Waals surface area contributed by atoms with E-state index >= 15 is 0 Å². The molecule has 0 fully saturated rings. The van der Waals surface area contributed by atoms with Gasteiger partial charge in [-0.1, -0.05) is 123 Å². The van der Waals surface area contributed by atoms with Crippen molar-refractivity contribution in [3.63, 3.8) is 0 Å². The van der Waals surface area contributed by atoms with E-state index in [1.165, 1.54) is 0 Å². The van der Waals surface area contributed by atoms with Crippen molar-refractivity contribution in [1.29, 1.82) is 0 Å². The molecular formula is C44H31N7. The van der Waals surface area contributed by atoms with E-state index in [0.29, 0.717) is 29.1 Å². The third kappa shape index (κ3) is 4.62. The second-order valence-corrected chi connectivity index (χ2v) is 13.5. The first-order chi connectivity index (χ1) is 25.0. The Kier molecular flexibility index (Phi) is 6.39. The smallest absolute Gasteiger partial charge is 0.235 e. The molecule has 242 valence electrons. The van der Waals surface area contributed by atoms with Crippen molar-refractivity contribution < 1.29 is 0 Å². The molecule has 0 saturated heterocycles. The van der Waals surface area contributed by atoms with Gasteiger partial charge in [0.05, 0.1) is 22.2 Å². The van der Waals surface area contributed by atoms with Crippen molar-refractivity contribution >= 4 is 38.8 Å². The van der Waals surface area contributed by atoms with Crippen LogP contribution in [0.25, 0.3) is 84.7 Å². The van der Waals surface area contributed by atoms with Gasteiger partial charge in [-0.3, -0.25) is 4.57 Å². The molecule has 1 aliphatic rings. The molecule has 0 atom stereocenters. The first kappa shape index (κ1) is 29.2. The van der Waals surface area contributed by atoms with Gasteiger partial charge in [-0.25, -0.2) is 24.9 Å². The number of fused-ring (bicyclic) bond motifs is 6. The first-order valence-corrected chi connectivity index (χ1v) is 17.1. The maximum absolute atomic E-state index is 5.45. The predicted molar refractivity (Wildman–Crippen MR) is 205 cm³/mol. The highest BCUT2D eigenvalue weighted by Gasteiger charge is 2.33. The van der Waals surface area contributed by atoms with Gasteiger partial charge in [-0.2, -0.15) is 0 Å². The van der Waals surface area contributed by atoms with E-state index in [4.69, 9.17) is 24.9 Å². The van der Waals surface area contributed by atoms with Crippen molar-refractivity contribution in [2.24, 2.45) is 0 Å². The average Bonchev–Trinajstić information content (AvgIpc) is 3.86. The Labute approximate surface area is 294 Å². The normalized spacial score (nSPS) is 13.4. The van der Waals surface area contributed by atoms with E-state index < -0.39 is 0 Å². The molecule has 1 aliphatic carbocycles. The second kappa shape index (κ2) is 11.1. The average molecular weight is 658 g/mol. The Morgan fingerprint density at radius 3 is 1.84 bits per heavy atom. The van der Waals surface area contributed by atoms with Crippen LogP contribution in [0.15, 0.2) is 146 Å². The fraction of sp³-hybridized carbons (Fsp3) is 0.0682. The summed E-state index contributed by atoms with van der Waals surface area (Å²) in [6.07, 6.45) is 6.44. The van der Waals surface area contributed by atoms with Crippen molar-refractivity contribution in [3.8, 4) is 45.9 Å². The highest BCUT2D eigenvalue weighted by atomic mass is 15.2. The van der Waals surface area contributed by atoms with Gasteiger partial charge in [0.15, 0.2) is 17.5 Å². The quantitative estimate of drug-likeness (QED) is 0.184. The molecule has 0 unspecified atom stereocenters. The molecule has 0 bridgehead atoms. The molecule has 10 rings (SSSR count). The minimum absolute atomic E-state index is 0.337. The Bertz CT molecular complexity index is 2760. The van der Waals surface area contributed by atoms with Crippen LogP contribution < -0.4 is 0 Å². The molecule has 7 nitrogen and oxygen atoms in total. The lowest BCUT2D eigenvalue weighted by Gasteiger charge is -2.21. The predicted octanol–water partition coefficient (Wildman–Crippen LogP) is 10.0. The number of benzene rings is 5. The summed E-state index contributed by atoms with van der Waals surface area (Å²) < 4.78 is 4.45. The summed E-state index contributed by atoms with van der Waals surface area (Å²) in [7, 11) is 0. The standard InChI is InChI=1S/C44H31N7/c1-44(2)26-24-34-37(44)38(42-48-40(28-14-6-3-7-15-28)47-41(49-42)29-16-8-4-9-17-29)46-43(45-34)51-36-21-13-12-20-31(36)32-22-23-35-33(39(32)51)25-27-50(35)30-18-10-5-11-19-30/h3-27H,1-2H3. The molecule has 7 heteroatoms. The van der Waals surface area contributed by atoms with E-state index in [9.17, 15) is 0 Å². The molecule has 5 aromatic carbocycles. The third-order valence-corrected chi connectivity index (χ3v) is 9.88. The molecule has 0 spiro atoms. The molecule has 0 aliphatic heterocycles. The highest BCUT2D eigenvalue weighted by molar-refractivity contribution is 6.18. The van der Waals surface area contributed by atoms with Crippen LogP contribution in [0.2, 0.25) is 0 Å². The summed E-state index contributed by atoms with van der Waals surface area (Å²) in [6.45, 7) is 4.38. The summed E-state index contributed by atoms with van der Waals surface area (Å²) in [5, 5.41) is 3.40. The number of hydrogen-bond acceptors (Lipinski definition) is 5. The summed E-state index contributed by atoms with van der Waals surface area (Å²) >= 11 is 0. The first-order valence-electron chi connectivity index (χ1n) is 17.1.